The molecule has 102 valence electrons. The first-order valence-corrected chi connectivity index (χ1v) is 6.93. The fraction of sp³-hybridized carbons (Fsp3) is 0.167. The van der Waals surface area contributed by atoms with E-state index in [0.717, 1.165) is 17.7 Å². The molecular formula is C12H11F2NO3S. The second-order valence-corrected chi connectivity index (χ2v) is 5.59. The normalized spacial score (nSPS) is 11.7. The van der Waals surface area contributed by atoms with E-state index in [0.29, 0.717) is 12.5 Å². The van der Waals surface area contributed by atoms with Crippen LogP contribution in [0.15, 0.2) is 46.1 Å². The molecule has 4 nitrogen and oxygen atoms in total. The van der Waals surface area contributed by atoms with Crippen molar-refractivity contribution < 1.29 is 21.6 Å². The molecular weight excluding hydrogens is 276 g/mol. The number of halogens is 2. The van der Waals surface area contributed by atoms with Crippen molar-refractivity contribution in [1.82, 2.24) is 4.72 Å². The standard InChI is InChI=1S/C12H11F2NO3S/c13-10-1-2-12(11(14)7-10)19(16,17)15-5-3-9-4-6-18-8-9/h1-2,4,6-8,15H,3,5H2. The molecule has 0 unspecified atom stereocenters. The van der Waals surface area contributed by atoms with Crippen LogP contribution in [0.3, 0.4) is 0 Å². The molecule has 0 aliphatic rings. The summed E-state index contributed by atoms with van der Waals surface area (Å²) in [5.41, 5.74) is 0.822. The van der Waals surface area contributed by atoms with Gasteiger partial charge in [-0.25, -0.2) is 21.9 Å². The summed E-state index contributed by atoms with van der Waals surface area (Å²) in [7, 11) is -3.98. The number of rotatable bonds is 5. The monoisotopic (exact) mass is 287 g/mol. The van der Waals surface area contributed by atoms with Crippen molar-refractivity contribution >= 4 is 10.0 Å². The van der Waals surface area contributed by atoms with Crippen LogP contribution >= 0.6 is 0 Å². The molecule has 0 aliphatic heterocycles. The lowest BCUT2D eigenvalue weighted by Gasteiger charge is -2.07. The molecule has 2 rings (SSSR count). The van der Waals surface area contributed by atoms with E-state index in [2.05, 4.69) is 4.72 Å². The molecule has 0 saturated carbocycles. The lowest BCUT2D eigenvalue weighted by atomic mass is 10.2. The number of sulfonamides is 1. The smallest absolute Gasteiger partial charge is 0.243 e. The van der Waals surface area contributed by atoms with E-state index in [1.54, 1.807) is 6.07 Å². The van der Waals surface area contributed by atoms with Gasteiger partial charge in [-0.15, -0.1) is 0 Å². The topological polar surface area (TPSA) is 59.3 Å². The Hall–Kier alpha value is -1.73. The van der Waals surface area contributed by atoms with Crippen molar-refractivity contribution in [3.63, 3.8) is 0 Å². The van der Waals surface area contributed by atoms with E-state index in [9.17, 15) is 17.2 Å². The molecule has 0 spiro atoms. The SMILES string of the molecule is O=S(=O)(NCCc1ccoc1)c1ccc(F)cc1F. The first-order chi connectivity index (χ1) is 8.99. The van der Waals surface area contributed by atoms with Gasteiger partial charge < -0.3 is 4.42 Å². The summed E-state index contributed by atoms with van der Waals surface area (Å²) in [5, 5.41) is 0. The van der Waals surface area contributed by atoms with E-state index in [1.807, 2.05) is 0 Å². The van der Waals surface area contributed by atoms with Gasteiger partial charge >= 0.3 is 0 Å². The minimum Gasteiger partial charge on any atom is -0.472 e. The third-order valence-corrected chi connectivity index (χ3v) is 3.96. The van der Waals surface area contributed by atoms with Crippen LogP contribution in [-0.2, 0) is 16.4 Å². The Labute approximate surface area is 109 Å². The zero-order valence-electron chi connectivity index (χ0n) is 9.77. The number of hydrogen-bond donors (Lipinski definition) is 1. The van der Waals surface area contributed by atoms with Gasteiger partial charge in [0.05, 0.1) is 12.5 Å². The maximum Gasteiger partial charge on any atom is 0.243 e. The van der Waals surface area contributed by atoms with E-state index in [-0.39, 0.29) is 6.54 Å². The molecule has 0 saturated heterocycles. The van der Waals surface area contributed by atoms with Gasteiger partial charge in [0.25, 0.3) is 0 Å². The Balaban J connectivity index is 2.05. The highest BCUT2D eigenvalue weighted by Crippen LogP contribution is 2.15. The van der Waals surface area contributed by atoms with Crippen molar-refractivity contribution in [3.8, 4) is 0 Å². The summed E-state index contributed by atoms with van der Waals surface area (Å²) in [6, 6.07) is 4.02. The van der Waals surface area contributed by atoms with Crippen molar-refractivity contribution in [1.29, 1.82) is 0 Å². The average molecular weight is 287 g/mol. The van der Waals surface area contributed by atoms with E-state index < -0.39 is 26.6 Å². The third-order valence-electron chi connectivity index (χ3n) is 2.47. The van der Waals surface area contributed by atoms with Crippen LogP contribution in [0.1, 0.15) is 5.56 Å². The van der Waals surface area contributed by atoms with Crippen molar-refractivity contribution in [2.24, 2.45) is 0 Å². The number of hydrogen-bond acceptors (Lipinski definition) is 3. The predicted molar refractivity (Wildman–Crippen MR) is 64.0 cm³/mol. The average Bonchev–Trinajstić information content (AvgIpc) is 2.81. The zero-order chi connectivity index (χ0) is 13.9. The molecule has 0 bridgehead atoms. The second kappa shape index (κ2) is 5.50. The molecule has 19 heavy (non-hydrogen) atoms. The minimum absolute atomic E-state index is 0.0959. The largest absolute Gasteiger partial charge is 0.472 e. The highest BCUT2D eigenvalue weighted by atomic mass is 32.2. The van der Waals surface area contributed by atoms with Crippen molar-refractivity contribution in [2.45, 2.75) is 11.3 Å². The molecule has 1 heterocycles. The Bertz CT molecular complexity index is 654. The van der Waals surface area contributed by atoms with Gasteiger partial charge in [-0.3, -0.25) is 0 Å². The van der Waals surface area contributed by atoms with Crippen LogP contribution in [0.5, 0.6) is 0 Å². The summed E-state index contributed by atoms with van der Waals surface area (Å²) in [4.78, 5) is -0.568. The zero-order valence-corrected chi connectivity index (χ0v) is 10.6. The van der Waals surface area contributed by atoms with Gasteiger partial charge in [0.1, 0.15) is 16.5 Å². The van der Waals surface area contributed by atoms with E-state index in [1.165, 1.54) is 12.5 Å². The predicted octanol–water partition coefficient (Wildman–Crippen LogP) is 2.08. The molecule has 0 fully saturated rings. The lowest BCUT2D eigenvalue weighted by Crippen LogP contribution is -2.26. The molecule has 7 heteroatoms. The molecule has 2 aromatic rings. The summed E-state index contributed by atoms with van der Waals surface area (Å²) >= 11 is 0. The van der Waals surface area contributed by atoms with Crippen LogP contribution in [0, 0.1) is 11.6 Å². The highest BCUT2D eigenvalue weighted by Gasteiger charge is 2.18. The van der Waals surface area contributed by atoms with Crippen LogP contribution in [0.25, 0.3) is 0 Å². The third kappa shape index (κ3) is 3.39. The fourth-order valence-corrected chi connectivity index (χ4v) is 2.62. The van der Waals surface area contributed by atoms with Gasteiger partial charge in [0, 0.05) is 12.6 Å². The van der Waals surface area contributed by atoms with Crippen LogP contribution in [0.4, 0.5) is 8.78 Å². The molecule has 1 aromatic heterocycles. The van der Waals surface area contributed by atoms with Gasteiger partial charge in [-0.2, -0.15) is 0 Å². The summed E-state index contributed by atoms with van der Waals surface area (Å²) in [5.74, 6) is -1.94. The number of nitrogens with one attached hydrogen (secondary N) is 1. The highest BCUT2D eigenvalue weighted by molar-refractivity contribution is 7.89. The molecule has 0 radical (unpaired) electrons. The van der Waals surface area contributed by atoms with E-state index in [4.69, 9.17) is 4.42 Å². The Morgan fingerprint density at radius 2 is 2.00 bits per heavy atom. The quantitative estimate of drug-likeness (QED) is 0.916. The van der Waals surface area contributed by atoms with Gasteiger partial charge in [0.2, 0.25) is 10.0 Å². The maximum absolute atomic E-state index is 13.4. The molecule has 0 aliphatic carbocycles. The molecule has 0 amide bonds. The molecule has 1 N–H and O–H groups in total. The fourth-order valence-electron chi connectivity index (χ4n) is 1.54. The van der Waals surface area contributed by atoms with Crippen LogP contribution in [0.2, 0.25) is 0 Å². The summed E-state index contributed by atoms with van der Waals surface area (Å²) < 4.78 is 56.7. The lowest BCUT2D eigenvalue weighted by molar-refractivity contribution is 0.542. The summed E-state index contributed by atoms with van der Waals surface area (Å²) in [6.45, 7) is 0.0959. The Morgan fingerprint density at radius 1 is 1.21 bits per heavy atom. The summed E-state index contributed by atoms with van der Waals surface area (Å²) in [6.07, 6.45) is 3.38. The molecule has 1 aromatic carbocycles. The molecule has 0 atom stereocenters. The van der Waals surface area contributed by atoms with Gasteiger partial charge in [-0.1, -0.05) is 0 Å². The Kier molecular flexibility index (Phi) is 3.96. The number of benzene rings is 1. The Morgan fingerprint density at radius 3 is 2.63 bits per heavy atom. The minimum atomic E-state index is -3.98. The van der Waals surface area contributed by atoms with E-state index >= 15 is 0 Å². The van der Waals surface area contributed by atoms with Crippen LogP contribution < -0.4 is 4.72 Å². The van der Waals surface area contributed by atoms with Crippen LogP contribution in [-0.4, -0.2) is 15.0 Å². The van der Waals surface area contributed by atoms with Crippen molar-refractivity contribution in [3.05, 3.63) is 54.0 Å². The first kappa shape index (κ1) is 13.7. The first-order valence-electron chi connectivity index (χ1n) is 5.45. The maximum atomic E-state index is 13.4. The number of furan rings is 1. The van der Waals surface area contributed by atoms with Crippen molar-refractivity contribution in [2.75, 3.05) is 6.54 Å². The van der Waals surface area contributed by atoms with Gasteiger partial charge in [-0.05, 0) is 30.2 Å². The van der Waals surface area contributed by atoms with Gasteiger partial charge in [0.15, 0.2) is 0 Å². The second-order valence-electron chi connectivity index (χ2n) is 3.85.